The summed E-state index contributed by atoms with van der Waals surface area (Å²) in [5.41, 5.74) is 1.61. The van der Waals surface area contributed by atoms with Crippen molar-refractivity contribution in [3.05, 3.63) is 12.2 Å². The van der Waals surface area contributed by atoms with E-state index in [0.717, 1.165) is 41.4 Å². The molecule has 0 bridgehead atoms. The first kappa shape index (κ1) is 12.8. The zero-order valence-corrected chi connectivity index (χ0v) is 12.5. The van der Waals surface area contributed by atoms with E-state index in [9.17, 15) is 0 Å². The van der Waals surface area contributed by atoms with Crippen molar-refractivity contribution in [2.24, 2.45) is 41.4 Å². The van der Waals surface area contributed by atoms with E-state index in [1.54, 1.807) is 5.57 Å². The van der Waals surface area contributed by atoms with Gasteiger partial charge >= 0.3 is 0 Å². The molecule has 3 fully saturated rings. The molecular formula is C18H30. The van der Waals surface area contributed by atoms with Crippen molar-refractivity contribution >= 4 is 0 Å². The third-order valence-corrected chi connectivity index (χ3v) is 6.92. The molecule has 0 spiro atoms. The molecule has 0 aromatic rings. The molecule has 0 aromatic heterocycles. The summed E-state index contributed by atoms with van der Waals surface area (Å²) in [6.45, 7) is 11.9. The second-order valence-electron chi connectivity index (χ2n) is 7.43. The largest absolute Gasteiger partial charge is 0.0993 e. The van der Waals surface area contributed by atoms with Gasteiger partial charge in [0.2, 0.25) is 0 Å². The van der Waals surface area contributed by atoms with Crippen LogP contribution in [0.1, 0.15) is 59.3 Å². The van der Waals surface area contributed by atoms with E-state index in [4.69, 9.17) is 0 Å². The Morgan fingerprint density at radius 2 is 1.83 bits per heavy atom. The maximum Gasteiger partial charge on any atom is -0.0143 e. The van der Waals surface area contributed by atoms with Crippen molar-refractivity contribution in [1.29, 1.82) is 0 Å². The number of fused-ring (bicyclic) bond motifs is 2. The van der Waals surface area contributed by atoms with Crippen molar-refractivity contribution in [3.8, 4) is 0 Å². The van der Waals surface area contributed by atoms with Gasteiger partial charge in [-0.05, 0) is 54.3 Å². The van der Waals surface area contributed by atoms with E-state index in [1.807, 2.05) is 0 Å². The molecule has 0 heterocycles. The summed E-state index contributed by atoms with van der Waals surface area (Å²) in [6, 6.07) is 0. The average molecular weight is 246 g/mol. The van der Waals surface area contributed by atoms with Crippen LogP contribution >= 0.6 is 0 Å². The van der Waals surface area contributed by atoms with Gasteiger partial charge in [0.1, 0.15) is 0 Å². The average Bonchev–Trinajstić information content (AvgIpc) is 2.62. The molecule has 102 valence electrons. The Morgan fingerprint density at radius 3 is 2.56 bits per heavy atom. The molecule has 18 heavy (non-hydrogen) atoms. The van der Waals surface area contributed by atoms with E-state index in [2.05, 4.69) is 27.4 Å². The SMILES string of the molecule is C=C1C(C)C(CC)C2C[C@H]3CCCC[C@H]3C(C)C12. The highest BCUT2D eigenvalue weighted by atomic mass is 14.6. The van der Waals surface area contributed by atoms with Gasteiger partial charge in [0, 0.05) is 0 Å². The fourth-order valence-electron chi connectivity index (χ4n) is 6.03. The van der Waals surface area contributed by atoms with E-state index in [-0.39, 0.29) is 0 Å². The van der Waals surface area contributed by atoms with Gasteiger partial charge in [-0.25, -0.2) is 0 Å². The number of hydrogen-bond acceptors (Lipinski definition) is 0. The van der Waals surface area contributed by atoms with Gasteiger partial charge in [-0.2, -0.15) is 0 Å². The van der Waals surface area contributed by atoms with Crippen LogP contribution in [0.5, 0.6) is 0 Å². The van der Waals surface area contributed by atoms with Crippen LogP contribution in [0, 0.1) is 41.4 Å². The highest BCUT2D eigenvalue weighted by molar-refractivity contribution is 5.19. The van der Waals surface area contributed by atoms with Crippen LogP contribution in [-0.4, -0.2) is 0 Å². The monoisotopic (exact) mass is 246 g/mol. The highest BCUT2D eigenvalue weighted by Gasteiger charge is 2.51. The first-order valence-electron chi connectivity index (χ1n) is 8.33. The smallest absolute Gasteiger partial charge is 0.0143 e. The highest BCUT2D eigenvalue weighted by Crippen LogP contribution is 2.59. The Balaban J connectivity index is 1.88. The standard InChI is InChI=1S/C18H30/c1-5-15-11(2)12(3)18-13(4)16-9-7-6-8-14(16)10-17(15)18/h11,13-18H,3,5-10H2,1-2,4H3/t11?,13?,14-,15?,16+,17?,18?/m1/s1. The second kappa shape index (κ2) is 4.69. The fourth-order valence-corrected chi connectivity index (χ4v) is 6.03. The van der Waals surface area contributed by atoms with Crippen LogP contribution in [0.4, 0.5) is 0 Å². The number of rotatable bonds is 1. The topological polar surface area (TPSA) is 0 Å². The van der Waals surface area contributed by atoms with E-state index < -0.39 is 0 Å². The van der Waals surface area contributed by atoms with Gasteiger partial charge in [-0.1, -0.05) is 58.6 Å². The van der Waals surface area contributed by atoms with Gasteiger partial charge in [0.05, 0.1) is 0 Å². The van der Waals surface area contributed by atoms with Crippen LogP contribution in [0.2, 0.25) is 0 Å². The third-order valence-electron chi connectivity index (χ3n) is 6.92. The molecule has 3 aliphatic rings. The molecule has 0 radical (unpaired) electrons. The Kier molecular flexibility index (Phi) is 3.32. The molecule has 3 aliphatic carbocycles. The quantitative estimate of drug-likeness (QED) is 0.551. The molecule has 3 saturated carbocycles. The van der Waals surface area contributed by atoms with Crippen molar-refractivity contribution in [1.82, 2.24) is 0 Å². The molecule has 0 aliphatic heterocycles. The lowest BCUT2D eigenvalue weighted by molar-refractivity contribution is 0.0298. The molecule has 0 nitrogen and oxygen atoms in total. The van der Waals surface area contributed by atoms with Crippen molar-refractivity contribution < 1.29 is 0 Å². The van der Waals surface area contributed by atoms with Crippen LogP contribution in [0.15, 0.2) is 12.2 Å². The Bertz CT molecular complexity index is 329. The molecule has 0 aromatic carbocycles. The summed E-state index contributed by atoms with van der Waals surface area (Å²) in [5.74, 6) is 6.57. The predicted octanol–water partition coefficient (Wildman–Crippen LogP) is 5.30. The molecule has 5 unspecified atom stereocenters. The van der Waals surface area contributed by atoms with E-state index in [1.165, 1.54) is 38.5 Å². The van der Waals surface area contributed by atoms with Crippen LogP contribution in [-0.2, 0) is 0 Å². The van der Waals surface area contributed by atoms with E-state index >= 15 is 0 Å². The Morgan fingerprint density at radius 1 is 1.11 bits per heavy atom. The van der Waals surface area contributed by atoms with Crippen molar-refractivity contribution in [3.63, 3.8) is 0 Å². The maximum atomic E-state index is 4.51. The van der Waals surface area contributed by atoms with Crippen LogP contribution < -0.4 is 0 Å². The summed E-state index contributed by atoms with van der Waals surface area (Å²) in [4.78, 5) is 0. The fraction of sp³-hybridized carbons (Fsp3) is 0.889. The van der Waals surface area contributed by atoms with Crippen LogP contribution in [0.25, 0.3) is 0 Å². The zero-order valence-electron chi connectivity index (χ0n) is 12.5. The summed E-state index contributed by atoms with van der Waals surface area (Å²) in [6.07, 6.45) is 8.91. The molecular weight excluding hydrogens is 216 g/mol. The molecule has 7 atom stereocenters. The normalized spacial score (nSPS) is 51.9. The maximum absolute atomic E-state index is 4.51. The summed E-state index contributed by atoms with van der Waals surface area (Å²) in [7, 11) is 0. The first-order valence-corrected chi connectivity index (χ1v) is 8.33. The lowest BCUT2D eigenvalue weighted by Crippen LogP contribution is -2.40. The van der Waals surface area contributed by atoms with Gasteiger partial charge in [-0.15, -0.1) is 0 Å². The second-order valence-corrected chi connectivity index (χ2v) is 7.43. The predicted molar refractivity (Wildman–Crippen MR) is 78.3 cm³/mol. The van der Waals surface area contributed by atoms with Crippen molar-refractivity contribution in [2.45, 2.75) is 59.3 Å². The molecule has 0 N–H and O–H groups in total. The summed E-state index contributed by atoms with van der Waals surface area (Å²) in [5, 5.41) is 0. The lowest BCUT2D eigenvalue weighted by atomic mass is 9.58. The van der Waals surface area contributed by atoms with Crippen molar-refractivity contribution in [2.75, 3.05) is 0 Å². The Labute approximate surface area is 113 Å². The van der Waals surface area contributed by atoms with Gasteiger partial charge in [-0.3, -0.25) is 0 Å². The molecule has 0 saturated heterocycles. The summed E-state index contributed by atoms with van der Waals surface area (Å²) >= 11 is 0. The van der Waals surface area contributed by atoms with Gasteiger partial charge < -0.3 is 0 Å². The van der Waals surface area contributed by atoms with E-state index in [0.29, 0.717) is 0 Å². The minimum atomic E-state index is 0.785. The molecule has 3 rings (SSSR count). The minimum Gasteiger partial charge on any atom is -0.0993 e. The number of hydrogen-bond donors (Lipinski definition) is 0. The summed E-state index contributed by atoms with van der Waals surface area (Å²) < 4.78 is 0. The third kappa shape index (κ3) is 1.71. The molecule has 0 amide bonds. The van der Waals surface area contributed by atoms with Crippen LogP contribution in [0.3, 0.4) is 0 Å². The minimum absolute atomic E-state index is 0.785. The number of allylic oxidation sites excluding steroid dienone is 1. The first-order chi connectivity index (χ1) is 8.65. The zero-order chi connectivity index (χ0) is 12.9. The molecule has 0 heteroatoms. The Hall–Kier alpha value is -0.260. The van der Waals surface area contributed by atoms with Gasteiger partial charge in [0.25, 0.3) is 0 Å². The lowest BCUT2D eigenvalue weighted by Gasteiger charge is -2.47. The van der Waals surface area contributed by atoms with Gasteiger partial charge in [0.15, 0.2) is 0 Å².